The summed E-state index contributed by atoms with van der Waals surface area (Å²) in [6, 6.07) is 5.28. The van der Waals surface area contributed by atoms with Crippen molar-refractivity contribution in [2.24, 2.45) is 0 Å². The predicted molar refractivity (Wildman–Crippen MR) is 85.0 cm³/mol. The average Bonchev–Trinajstić information content (AvgIpc) is 2.47. The number of methoxy groups -OCH3 is 1. The lowest BCUT2D eigenvalue weighted by Gasteiger charge is -2.14. The van der Waals surface area contributed by atoms with Crippen molar-refractivity contribution in [3.05, 3.63) is 23.2 Å². The quantitative estimate of drug-likeness (QED) is 0.878. The maximum atomic E-state index is 6.01. The number of rotatable bonds is 5. The lowest BCUT2D eigenvalue weighted by molar-refractivity contribution is 0.417. The summed E-state index contributed by atoms with van der Waals surface area (Å²) in [5.41, 5.74) is 0.683. The van der Waals surface area contributed by atoms with E-state index in [1.54, 1.807) is 37.3 Å². The van der Waals surface area contributed by atoms with Gasteiger partial charge in [0.2, 0.25) is 17.8 Å². The van der Waals surface area contributed by atoms with Crippen LogP contribution in [0.15, 0.2) is 18.2 Å². The van der Waals surface area contributed by atoms with Crippen LogP contribution in [0.25, 0.3) is 0 Å². The Morgan fingerprint density at radius 3 is 2.48 bits per heavy atom. The fourth-order valence-electron chi connectivity index (χ4n) is 1.63. The summed E-state index contributed by atoms with van der Waals surface area (Å²) in [5.74, 6) is 2.06. The van der Waals surface area contributed by atoms with Gasteiger partial charge in [-0.3, -0.25) is 0 Å². The lowest BCUT2D eigenvalue weighted by Crippen LogP contribution is -2.15. The van der Waals surface area contributed by atoms with Crippen molar-refractivity contribution in [3.63, 3.8) is 0 Å². The SMILES string of the molecule is CNc1nc(Nc2cc(Cl)ccc2OC)nc(N(C)C)n1. The minimum Gasteiger partial charge on any atom is -0.495 e. The molecule has 0 fully saturated rings. The number of benzene rings is 1. The molecule has 0 bridgehead atoms. The van der Waals surface area contributed by atoms with E-state index < -0.39 is 0 Å². The van der Waals surface area contributed by atoms with E-state index in [0.717, 1.165) is 0 Å². The zero-order valence-electron chi connectivity index (χ0n) is 12.3. The Balaban J connectivity index is 2.39. The first-order valence-corrected chi connectivity index (χ1v) is 6.63. The van der Waals surface area contributed by atoms with Crippen molar-refractivity contribution >= 4 is 35.1 Å². The highest BCUT2D eigenvalue weighted by Crippen LogP contribution is 2.29. The Morgan fingerprint density at radius 2 is 1.86 bits per heavy atom. The second-order valence-corrected chi connectivity index (χ2v) is 4.83. The maximum Gasteiger partial charge on any atom is 0.233 e. The van der Waals surface area contributed by atoms with Crippen LogP contribution >= 0.6 is 11.6 Å². The normalized spacial score (nSPS) is 10.1. The molecule has 1 heterocycles. The summed E-state index contributed by atoms with van der Waals surface area (Å²) < 4.78 is 5.29. The summed E-state index contributed by atoms with van der Waals surface area (Å²) in [6.07, 6.45) is 0. The molecule has 8 heteroatoms. The summed E-state index contributed by atoms with van der Waals surface area (Å²) in [7, 11) is 7.06. The average molecular weight is 309 g/mol. The fourth-order valence-corrected chi connectivity index (χ4v) is 1.80. The molecule has 2 rings (SSSR count). The Kier molecular flexibility index (Phi) is 4.64. The summed E-state index contributed by atoms with van der Waals surface area (Å²) in [6.45, 7) is 0. The number of hydrogen-bond acceptors (Lipinski definition) is 7. The first-order chi connectivity index (χ1) is 10.0. The molecule has 112 valence electrons. The molecule has 21 heavy (non-hydrogen) atoms. The maximum absolute atomic E-state index is 6.01. The molecule has 1 aromatic heterocycles. The molecule has 2 N–H and O–H groups in total. The standard InChI is InChI=1S/C13H17ClN6O/c1-15-11-17-12(19-13(18-11)20(2)3)16-9-7-8(14)5-6-10(9)21-4/h5-7H,1-4H3,(H2,15,16,17,18,19). The predicted octanol–water partition coefficient (Wildman–Crippen LogP) is 2.38. The number of aromatic nitrogens is 3. The molecule has 2 aromatic rings. The number of anilines is 4. The fraction of sp³-hybridized carbons (Fsp3) is 0.308. The van der Waals surface area contributed by atoms with Crippen molar-refractivity contribution in [1.29, 1.82) is 0 Å². The van der Waals surface area contributed by atoms with E-state index in [1.807, 2.05) is 14.1 Å². The topological polar surface area (TPSA) is 75.2 Å². The van der Waals surface area contributed by atoms with E-state index in [2.05, 4.69) is 25.6 Å². The van der Waals surface area contributed by atoms with Crippen LogP contribution in [0.4, 0.5) is 23.5 Å². The van der Waals surface area contributed by atoms with Gasteiger partial charge in [-0.2, -0.15) is 15.0 Å². The molecule has 0 saturated carbocycles. The van der Waals surface area contributed by atoms with Gasteiger partial charge in [-0.15, -0.1) is 0 Å². The Hall–Kier alpha value is -2.28. The molecule has 0 aliphatic carbocycles. The molecule has 0 spiro atoms. The van der Waals surface area contributed by atoms with Gasteiger partial charge in [-0.25, -0.2) is 0 Å². The van der Waals surface area contributed by atoms with E-state index in [0.29, 0.717) is 34.3 Å². The van der Waals surface area contributed by atoms with E-state index in [1.165, 1.54) is 0 Å². The van der Waals surface area contributed by atoms with Gasteiger partial charge in [0.1, 0.15) is 5.75 Å². The van der Waals surface area contributed by atoms with Crippen LogP contribution in [0.5, 0.6) is 5.75 Å². The van der Waals surface area contributed by atoms with Gasteiger partial charge in [-0.1, -0.05) is 11.6 Å². The van der Waals surface area contributed by atoms with Crippen molar-refractivity contribution < 1.29 is 4.74 Å². The van der Waals surface area contributed by atoms with Gasteiger partial charge in [0.25, 0.3) is 0 Å². The third-order valence-electron chi connectivity index (χ3n) is 2.66. The summed E-state index contributed by atoms with van der Waals surface area (Å²) in [5, 5.41) is 6.59. The van der Waals surface area contributed by atoms with Crippen LogP contribution < -0.4 is 20.3 Å². The van der Waals surface area contributed by atoms with Crippen LogP contribution in [-0.2, 0) is 0 Å². The molecular weight excluding hydrogens is 292 g/mol. The lowest BCUT2D eigenvalue weighted by atomic mass is 10.3. The largest absolute Gasteiger partial charge is 0.495 e. The second-order valence-electron chi connectivity index (χ2n) is 4.40. The highest BCUT2D eigenvalue weighted by atomic mass is 35.5. The van der Waals surface area contributed by atoms with Crippen LogP contribution in [0.3, 0.4) is 0 Å². The van der Waals surface area contributed by atoms with E-state index in [9.17, 15) is 0 Å². The van der Waals surface area contributed by atoms with Gasteiger partial charge in [0.15, 0.2) is 0 Å². The monoisotopic (exact) mass is 308 g/mol. The Bertz CT molecular complexity index is 634. The molecule has 0 atom stereocenters. The molecule has 7 nitrogen and oxygen atoms in total. The highest BCUT2D eigenvalue weighted by molar-refractivity contribution is 6.30. The second kappa shape index (κ2) is 6.45. The number of nitrogens with one attached hydrogen (secondary N) is 2. The van der Waals surface area contributed by atoms with Gasteiger partial charge in [0, 0.05) is 26.2 Å². The molecule has 1 aromatic carbocycles. The van der Waals surface area contributed by atoms with Gasteiger partial charge >= 0.3 is 0 Å². The van der Waals surface area contributed by atoms with Gasteiger partial charge < -0.3 is 20.3 Å². The molecule has 0 saturated heterocycles. The molecule has 0 radical (unpaired) electrons. The van der Waals surface area contributed by atoms with Gasteiger partial charge in [0.05, 0.1) is 12.8 Å². The molecule has 0 unspecified atom stereocenters. The number of hydrogen-bond donors (Lipinski definition) is 2. The van der Waals surface area contributed by atoms with E-state index >= 15 is 0 Å². The first kappa shape index (κ1) is 15.1. The van der Waals surface area contributed by atoms with Gasteiger partial charge in [-0.05, 0) is 18.2 Å². The van der Waals surface area contributed by atoms with Crippen LogP contribution in [0.2, 0.25) is 5.02 Å². The summed E-state index contributed by atoms with van der Waals surface area (Å²) >= 11 is 6.01. The zero-order chi connectivity index (χ0) is 15.4. The molecule has 0 aliphatic rings. The number of nitrogens with zero attached hydrogens (tertiary/aromatic N) is 4. The smallest absolute Gasteiger partial charge is 0.233 e. The summed E-state index contributed by atoms with van der Waals surface area (Å²) in [4.78, 5) is 14.6. The van der Waals surface area contributed by atoms with Crippen molar-refractivity contribution in [2.45, 2.75) is 0 Å². The minimum absolute atomic E-state index is 0.401. The first-order valence-electron chi connectivity index (χ1n) is 6.25. The minimum atomic E-state index is 0.401. The van der Waals surface area contributed by atoms with E-state index in [4.69, 9.17) is 16.3 Å². The van der Waals surface area contributed by atoms with Crippen molar-refractivity contribution in [2.75, 3.05) is 43.8 Å². The van der Waals surface area contributed by atoms with Crippen LogP contribution in [0, 0.1) is 0 Å². The Labute approximate surface area is 128 Å². The van der Waals surface area contributed by atoms with Crippen LogP contribution in [0.1, 0.15) is 0 Å². The number of halogens is 1. The van der Waals surface area contributed by atoms with Crippen molar-refractivity contribution in [3.8, 4) is 5.75 Å². The third-order valence-corrected chi connectivity index (χ3v) is 2.89. The zero-order valence-corrected chi connectivity index (χ0v) is 13.1. The molecular formula is C13H17ClN6O. The molecule has 0 aliphatic heterocycles. The highest BCUT2D eigenvalue weighted by Gasteiger charge is 2.10. The van der Waals surface area contributed by atoms with Crippen LogP contribution in [-0.4, -0.2) is 43.2 Å². The van der Waals surface area contributed by atoms with Crippen molar-refractivity contribution in [1.82, 2.24) is 15.0 Å². The van der Waals surface area contributed by atoms with E-state index in [-0.39, 0.29) is 0 Å². The molecule has 0 amide bonds. The number of ether oxygens (including phenoxy) is 1. The Morgan fingerprint density at radius 1 is 1.14 bits per heavy atom. The third kappa shape index (κ3) is 3.63.